The first-order chi connectivity index (χ1) is 10.6. The van der Waals surface area contributed by atoms with Crippen LogP contribution >= 0.6 is 11.3 Å². The standard InChI is InChI=1S/C12H19F3N4O2S2/c1-8-9(2)22-11(18-8)23(20,21)17-7-10(12(13,14)15)19-5-3-16-4-6-19/h10,16-17H,3-7H2,1-2H3. The van der Waals surface area contributed by atoms with Gasteiger partial charge in [0.25, 0.3) is 10.0 Å². The largest absolute Gasteiger partial charge is 0.405 e. The highest BCUT2D eigenvalue weighted by molar-refractivity contribution is 7.91. The topological polar surface area (TPSA) is 74.3 Å². The molecule has 23 heavy (non-hydrogen) atoms. The molecule has 2 heterocycles. The van der Waals surface area contributed by atoms with Gasteiger partial charge in [-0.3, -0.25) is 4.90 Å². The van der Waals surface area contributed by atoms with Gasteiger partial charge in [0.1, 0.15) is 6.04 Å². The predicted molar refractivity (Wildman–Crippen MR) is 81.1 cm³/mol. The second-order valence-electron chi connectivity index (χ2n) is 5.32. The fraction of sp³-hybridized carbons (Fsp3) is 0.750. The lowest BCUT2D eigenvalue weighted by molar-refractivity contribution is -0.182. The van der Waals surface area contributed by atoms with Gasteiger partial charge in [-0.05, 0) is 13.8 Å². The van der Waals surface area contributed by atoms with E-state index in [0.717, 1.165) is 16.2 Å². The Morgan fingerprint density at radius 2 is 1.96 bits per heavy atom. The lowest BCUT2D eigenvalue weighted by atomic mass is 10.2. The van der Waals surface area contributed by atoms with Gasteiger partial charge < -0.3 is 5.32 Å². The molecule has 1 atom stereocenters. The Kier molecular flexibility index (Phi) is 5.67. The fourth-order valence-electron chi connectivity index (χ4n) is 2.25. The molecule has 2 N–H and O–H groups in total. The van der Waals surface area contributed by atoms with E-state index in [1.807, 2.05) is 0 Å². The van der Waals surface area contributed by atoms with Crippen LogP contribution in [0.25, 0.3) is 0 Å². The Bertz CT molecular complexity index is 620. The molecule has 0 bridgehead atoms. The van der Waals surface area contributed by atoms with Gasteiger partial charge in [-0.1, -0.05) is 0 Å². The number of piperazine rings is 1. The van der Waals surface area contributed by atoms with Gasteiger partial charge in [-0.15, -0.1) is 11.3 Å². The van der Waals surface area contributed by atoms with E-state index in [1.165, 1.54) is 4.90 Å². The number of sulfonamides is 1. The van der Waals surface area contributed by atoms with Gasteiger partial charge in [-0.25, -0.2) is 18.1 Å². The Hall–Kier alpha value is -0.750. The molecule has 1 aromatic rings. The molecule has 11 heteroatoms. The van der Waals surface area contributed by atoms with E-state index in [9.17, 15) is 21.6 Å². The maximum atomic E-state index is 13.2. The summed E-state index contributed by atoms with van der Waals surface area (Å²) < 4.78 is 65.9. The number of hydrogen-bond donors (Lipinski definition) is 2. The minimum absolute atomic E-state index is 0.200. The molecule has 0 amide bonds. The summed E-state index contributed by atoms with van der Waals surface area (Å²) in [6, 6.07) is -1.85. The summed E-state index contributed by atoms with van der Waals surface area (Å²) in [6.45, 7) is 4.00. The number of nitrogens with one attached hydrogen (secondary N) is 2. The van der Waals surface area contributed by atoms with Crippen molar-refractivity contribution < 1.29 is 21.6 Å². The van der Waals surface area contributed by atoms with Crippen molar-refractivity contribution in [1.82, 2.24) is 19.9 Å². The summed E-state index contributed by atoms with van der Waals surface area (Å²) in [5.74, 6) is 0. The van der Waals surface area contributed by atoms with Crippen molar-refractivity contribution >= 4 is 21.4 Å². The van der Waals surface area contributed by atoms with Crippen molar-refractivity contribution in [2.75, 3.05) is 32.7 Å². The van der Waals surface area contributed by atoms with Crippen LogP contribution in [0.15, 0.2) is 4.34 Å². The van der Waals surface area contributed by atoms with E-state index < -0.39 is 28.8 Å². The Morgan fingerprint density at radius 3 is 2.43 bits per heavy atom. The zero-order valence-corrected chi connectivity index (χ0v) is 14.4. The molecule has 1 aromatic heterocycles. The minimum atomic E-state index is -4.51. The summed E-state index contributed by atoms with van der Waals surface area (Å²) in [6.07, 6.45) is -4.51. The maximum Gasteiger partial charge on any atom is 0.405 e. The van der Waals surface area contributed by atoms with Crippen LogP contribution in [0.5, 0.6) is 0 Å². The molecule has 6 nitrogen and oxygen atoms in total. The second kappa shape index (κ2) is 7.01. The number of halogens is 3. The average Bonchev–Trinajstić information content (AvgIpc) is 2.79. The smallest absolute Gasteiger partial charge is 0.314 e. The third kappa shape index (κ3) is 4.63. The molecule has 0 spiro atoms. The van der Waals surface area contributed by atoms with Crippen LogP contribution in [0.1, 0.15) is 10.6 Å². The van der Waals surface area contributed by atoms with Gasteiger partial charge in [0.15, 0.2) is 0 Å². The summed E-state index contributed by atoms with van der Waals surface area (Å²) in [5, 5.41) is 2.97. The van der Waals surface area contributed by atoms with Crippen molar-refractivity contribution in [1.29, 1.82) is 0 Å². The van der Waals surface area contributed by atoms with E-state index in [2.05, 4.69) is 15.0 Å². The maximum absolute atomic E-state index is 13.2. The van der Waals surface area contributed by atoms with E-state index in [-0.39, 0.29) is 17.4 Å². The average molecular weight is 372 g/mol. The van der Waals surface area contributed by atoms with Gasteiger partial charge in [-0.2, -0.15) is 13.2 Å². The Labute approximate surface area is 137 Å². The molecule has 1 unspecified atom stereocenters. The monoisotopic (exact) mass is 372 g/mol. The predicted octanol–water partition coefficient (Wildman–Crippen LogP) is 0.874. The molecule has 1 aliphatic heterocycles. The third-order valence-corrected chi connectivity index (χ3v) is 6.55. The molecule has 1 aliphatic rings. The summed E-state index contributed by atoms with van der Waals surface area (Å²) >= 11 is 0.950. The van der Waals surface area contributed by atoms with Gasteiger partial charge in [0, 0.05) is 37.6 Å². The highest BCUT2D eigenvalue weighted by atomic mass is 32.2. The minimum Gasteiger partial charge on any atom is -0.314 e. The first kappa shape index (κ1) is 18.6. The third-order valence-electron chi connectivity index (χ3n) is 3.68. The zero-order chi connectivity index (χ0) is 17.3. The van der Waals surface area contributed by atoms with Crippen molar-refractivity contribution in [2.45, 2.75) is 30.4 Å². The quantitative estimate of drug-likeness (QED) is 0.803. The summed E-state index contributed by atoms with van der Waals surface area (Å²) in [4.78, 5) is 5.87. The van der Waals surface area contributed by atoms with Crippen molar-refractivity contribution in [3.63, 3.8) is 0 Å². The van der Waals surface area contributed by atoms with Crippen LogP contribution in [0.3, 0.4) is 0 Å². The number of thiazole rings is 1. The van der Waals surface area contributed by atoms with Crippen LogP contribution in [-0.2, 0) is 10.0 Å². The van der Waals surface area contributed by atoms with E-state index in [0.29, 0.717) is 18.8 Å². The summed E-state index contributed by atoms with van der Waals surface area (Å²) in [7, 11) is -4.04. The molecule has 2 rings (SSSR count). The van der Waals surface area contributed by atoms with Crippen LogP contribution < -0.4 is 10.0 Å². The Morgan fingerprint density at radius 1 is 1.35 bits per heavy atom. The summed E-state index contributed by atoms with van der Waals surface area (Å²) in [5.41, 5.74) is 0.560. The zero-order valence-electron chi connectivity index (χ0n) is 12.8. The molecular formula is C12H19F3N4O2S2. The number of alkyl halides is 3. The molecular weight excluding hydrogens is 353 g/mol. The normalized spacial score (nSPS) is 19.0. The molecule has 132 valence electrons. The molecule has 0 saturated carbocycles. The van der Waals surface area contributed by atoms with Gasteiger partial charge >= 0.3 is 6.18 Å². The van der Waals surface area contributed by atoms with Crippen LogP contribution in [0, 0.1) is 13.8 Å². The van der Waals surface area contributed by atoms with Crippen LogP contribution in [0.4, 0.5) is 13.2 Å². The fourth-order valence-corrected chi connectivity index (χ4v) is 4.64. The number of aryl methyl sites for hydroxylation is 2. The van der Waals surface area contributed by atoms with Gasteiger partial charge in [0.2, 0.25) is 4.34 Å². The molecule has 0 radical (unpaired) electrons. The van der Waals surface area contributed by atoms with Crippen molar-refractivity contribution in [3.05, 3.63) is 10.6 Å². The SMILES string of the molecule is Cc1nc(S(=O)(=O)NCC(N2CCNCC2)C(F)(F)F)sc1C. The van der Waals surface area contributed by atoms with Crippen molar-refractivity contribution in [3.8, 4) is 0 Å². The molecule has 1 saturated heterocycles. The number of rotatable bonds is 5. The van der Waals surface area contributed by atoms with Crippen molar-refractivity contribution in [2.24, 2.45) is 0 Å². The van der Waals surface area contributed by atoms with E-state index in [4.69, 9.17) is 0 Å². The number of nitrogens with zero attached hydrogens (tertiary/aromatic N) is 2. The molecule has 1 fully saturated rings. The van der Waals surface area contributed by atoms with E-state index in [1.54, 1.807) is 13.8 Å². The lowest BCUT2D eigenvalue weighted by Gasteiger charge is -2.35. The highest BCUT2D eigenvalue weighted by Gasteiger charge is 2.44. The first-order valence-electron chi connectivity index (χ1n) is 7.06. The highest BCUT2D eigenvalue weighted by Crippen LogP contribution is 2.26. The lowest BCUT2D eigenvalue weighted by Crippen LogP contribution is -2.57. The first-order valence-corrected chi connectivity index (χ1v) is 9.36. The molecule has 0 aromatic carbocycles. The van der Waals surface area contributed by atoms with Crippen LogP contribution in [-0.4, -0.2) is 63.2 Å². The number of hydrogen-bond acceptors (Lipinski definition) is 6. The Balaban J connectivity index is 2.11. The molecule has 0 aliphatic carbocycles. The van der Waals surface area contributed by atoms with E-state index >= 15 is 0 Å². The van der Waals surface area contributed by atoms with Crippen LogP contribution in [0.2, 0.25) is 0 Å². The second-order valence-corrected chi connectivity index (χ2v) is 8.46. The number of aromatic nitrogens is 1. The van der Waals surface area contributed by atoms with Gasteiger partial charge in [0.05, 0.1) is 5.69 Å².